The van der Waals surface area contributed by atoms with Gasteiger partial charge in [0.25, 0.3) is 15.6 Å². The second-order valence-electron chi connectivity index (χ2n) is 7.02. The van der Waals surface area contributed by atoms with Crippen LogP contribution in [-0.2, 0) is 14.8 Å². The van der Waals surface area contributed by atoms with Crippen molar-refractivity contribution in [1.29, 1.82) is 0 Å². The molecule has 0 aliphatic heterocycles. The van der Waals surface area contributed by atoms with E-state index in [4.69, 9.17) is 16.3 Å². The lowest BCUT2D eigenvalue weighted by Gasteiger charge is -2.12. The van der Waals surface area contributed by atoms with E-state index in [0.717, 1.165) is 11.3 Å². The average molecular weight is 521 g/mol. The maximum Gasteiger partial charge on any atom is 0.276 e. The van der Waals surface area contributed by atoms with Crippen LogP contribution in [0, 0.1) is 6.92 Å². The van der Waals surface area contributed by atoms with E-state index in [2.05, 4.69) is 25.0 Å². The fraction of sp³-hybridized carbons (Fsp3) is 0.150. The van der Waals surface area contributed by atoms with Gasteiger partial charge in [-0.2, -0.15) is 0 Å². The first-order chi connectivity index (χ1) is 16.1. The number of thiazole rings is 1. The van der Waals surface area contributed by atoms with E-state index in [1.807, 2.05) is 0 Å². The highest BCUT2D eigenvalue weighted by atomic mass is 35.5. The standard InChI is InChI=1S/C20H17ClN6O5S2/c1-10-19(33-20(24-10)25-11(2)28)34(30,31)26-15-6-13(7-23-17(15)32-3)12-4-5-16-22-8-14(21)18(29)27(16)9-12/h4-9,26H,1-3H3,(H,24,25,28). The molecule has 14 heteroatoms. The van der Waals surface area contributed by atoms with E-state index in [1.54, 1.807) is 12.1 Å². The van der Waals surface area contributed by atoms with Crippen LogP contribution in [0.15, 0.2) is 45.8 Å². The van der Waals surface area contributed by atoms with Gasteiger partial charge in [0.2, 0.25) is 11.8 Å². The highest BCUT2D eigenvalue weighted by Gasteiger charge is 2.24. The molecule has 0 fully saturated rings. The number of rotatable bonds is 6. The van der Waals surface area contributed by atoms with E-state index >= 15 is 0 Å². The molecule has 0 unspecified atom stereocenters. The molecule has 0 aliphatic carbocycles. The molecule has 0 spiro atoms. The van der Waals surface area contributed by atoms with E-state index in [-0.39, 0.29) is 37.5 Å². The summed E-state index contributed by atoms with van der Waals surface area (Å²) in [7, 11) is -2.73. The largest absolute Gasteiger partial charge is 0.480 e. The van der Waals surface area contributed by atoms with Gasteiger partial charge in [0.1, 0.15) is 16.4 Å². The first-order valence-electron chi connectivity index (χ1n) is 9.58. The number of methoxy groups -OCH3 is 1. The third kappa shape index (κ3) is 4.58. The lowest BCUT2D eigenvalue weighted by atomic mass is 10.1. The number of amides is 1. The molecule has 4 heterocycles. The summed E-state index contributed by atoms with van der Waals surface area (Å²) in [6.07, 6.45) is 4.29. The zero-order valence-corrected chi connectivity index (χ0v) is 20.4. The molecule has 176 valence electrons. The highest BCUT2D eigenvalue weighted by Crippen LogP contribution is 2.33. The Bertz CT molecular complexity index is 1600. The predicted molar refractivity (Wildman–Crippen MR) is 128 cm³/mol. The van der Waals surface area contributed by atoms with Crippen molar-refractivity contribution in [3.63, 3.8) is 0 Å². The quantitative estimate of drug-likeness (QED) is 0.394. The minimum Gasteiger partial charge on any atom is -0.480 e. The second-order valence-corrected chi connectivity index (χ2v) is 10.3. The third-order valence-electron chi connectivity index (χ3n) is 4.56. The number of aromatic nitrogens is 4. The minimum atomic E-state index is -4.09. The van der Waals surface area contributed by atoms with Crippen molar-refractivity contribution >= 4 is 55.3 Å². The SMILES string of the molecule is COc1ncc(-c2ccc3ncc(Cl)c(=O)n3c2)cc1NS(=O)(=O)c1sc(NC(C)=O)nc1C. The number of carbonyl (C=O) groups is 1. The van der Waals surface area contributed by atoms with Crippen molar-refractivity contribution in [2.75, 3.05) is 17.1 Å². The van der Waals surface area contributed by atoms with Crippen molar-refractivity contribution in [3.05, 3.63) is 57.9 Å². The van der Waals surface area contributed by atoms with Gasteiger partial charge in [-0.3, -0.25) is 18.7 Å². The maximum atomic E-state index is 13.1. The Hall–Kier alpha value is -3.55. The summed E-state index contributed by atoms with van der Waals surface area (Å²) < 4.78 is 35.1. The topological polar surface area (TPSA) is 145 Å². The van der Waals surface area contributed by atoms with E-state index in [0.29, 0.717) is 16.8 Å². The van der Waals surface area contributed by atoms with Gasteiger partial charge in [-0.15, -0.1) is 0 Å². The Morgan fingerprint density at radius 2 is 1.97 bits per heavy atom. The normalized spacial score (nSPS) is 11.4. The number of nitrogens with zero attached hydrogens (tertiary/aromatic N) is 4. The molecule has 0 bridgehead atoms. The fourth-order valence-electron chi connectivity index (χ4n) is 3.10. The fourth-order valence-corrected chi connectivity index (χ4v) is 5.75. The number of ether oxygens (including phenoxy) is 1. The number of aryl methyl sites for hydroxylation is 1. The number of sulfonamides is 1. The van der Waals surface area contributed by atoms with Crippen LogP contribution in [0.3, 0.4) is 0 Å². The van der Waals surface area contributed by atoms with E-state index in [1.165, 1.54) is 50.0 Å². The number of carbonyl (C=O) groups excluding carboxylic acids is 1. The molecule has 0 radical (unpaired) electrons. The van der Waals surface area contributed by atoms with Gasteiger partial charge in [-0.05, 0) is 25.1 Å². The van der Waals surface area contributed by atoms with Crippen molar-refractivity contribution in [1.82, 2.24) is 19.4 Å². The lowest BCUT2D eigenvalue weighted by molar-refractivity contribution is -0.114. The number of hydrogen-bond donors (Lipinski definition) is 2. The first kappa shape index (κ1) is 23.6. The van der Waals surface area contributed by atoms with Gasteiger partial charge >= 0.3 is 0 Å². The molecule has 34 heavy (non-hydrogen) atoms. The van der Waals surface area contributed by atoms with Crippen molar-refractivity contribution < 1.29 is 17.9 Å². The average Bonchev–Trinajstić information content (AvgIpc) is 3.16. The Kier molecular flexibility index (Phi) is 6.25. The summed E-state index contributed by atoms with van der Waals surface area (Å²) in [6, 6.07) is 4.87. The zero-order valence-electron chi connectivity index (χ0n) is 18.0. The third-order valence-corrected chi connectivity index (χ3v) is 7.87. The first-order valence-corrected chi connectivity index (χ1v) is 12.3. The van der Waals surface area contributed by atoms with E-state index < -0.39 is 15.6 Å². The van der Waals surface area contributed by atoms with Gasteiger partial charge in [0.05, 0.1) is 19.0 Å². The number of pyridine rings is 2. The van der Waals surface area contributed by atoms with Crippen LogP contribution < -0.4 is 20.3 Å². The van der Waals surface area contributed by atoms with Crippen molar-refractivity contribution in [2.24, 2.45) is 0 Å². The van der Waals surface area contributed by atoms with Gasteiger partial charge in [0, 0.05) is 30.4 Å². The van der Waals surface area contributed by atoms with Crippen LogP contribution in [0.4, 0.5) is 10.8 Å². The molecule has 11 nitrogen and oxygen atoms in total. The monoisotopic (exact) mass is 520 g/mol. The minimum absolute atomic E-state index is 0.0329. The van der Waals surface area contributed by atoms with Crippen LogP contribution in [0.25, 0.3) is 16.8 Å². The van der Waals surface area contributed by atoms with Gasteiger partial charge in [0.15, 0.2) is 9.34 Å². The van der Waals surface area contributed by atoms with Crippen LogP contribution in [0.1, 0.15) is 12.6 Å². The van der Waals surface area contributed by atoms with Crippen LogP contribution >= 0.6 is 22.9 Å². The molecule has 4 aromatic heterocycles. The number of anilines is 2. The van der Waals surface area contributed by atoms with Gasteiger partial charge < -0.3 is 10.1 Å². The van der Waals surface area contributed by atoms with Crippen LogP contribution in [0.2, 0.25) is 5.02 Å². The predicted octanol–water partition coefficient (Wildman–Crippen LogP) is 2.94. The zero-order chi connectivity index (χ0) is 24.6. The Labute approximate surface area is 202 Å². The molecular weight excluding hydrogens is 504 g/mol. The summed E-state index contributed by atoms with van der Waals surface area (Å²) in [6.45, 7) is 2.82. The Morgan fingerprint density at radius 3 is 2.68 bits per heavy atom. The van der Waals surface area contributed by atoms with E-state index in [9.17, 15) is 18.0 Å². The number of nitrogens with one attached hydrogen (secondary N) is 2. The number of hydrogen-bond acceptors (Lipinski definition) is 9. The number of fused-ring (bicyclic) bond motifs is 1. The molecule has 0 saturated heterocycles. The summed E-state index contributed by atoms with van der Waals surface area (Å²) in [5, 5.41) is 2.61. The summed E-state index contributed by atoms with van der Waals surface area (Å²) >= 11 is 6.72. The molecule has 4 aromatic rings. The molecule has 4 rings (SSSR count). The number of halogens is 1. The maximum absolute atomic E-state index is 13.1. The Morgan fingerprint density at radius 1 is 1.21 bits per heavy atom. The smallest absolute Gasteiger partial charge is 0.276 e. The second kappa shape index (κ2) is 9.00. The van der Waals surface area contributed by atoms with Crippen LogP contribution in [-0.4, -0.2) is 40.8 Å². The molecule has 0 aromatic carbocycles. The van der Waals surface area contributed by atoms with Gasteiger partial charge in [-0.1, -0.05) is 22.9 Å². The Balaban J connectivity index is 1.75. The van der Waals surface area contributed by atoms with Crippen molar-refractivity contribution in [2.45, 2.75) is 18.1 Å². The molecule has 2 N–H and O–H groups in total. The summed E-state index contributed by atoms with van der Waals surface area (Å²) in [5.41, 5.74) is 1.33. The van der Waals surface area contributed by atoms with Crippen LogP contribution in [0.5, 0.6) is 5.88 Å². The highest BCUT2D eigenvalue weighted by molar-refractivity contribution is 7.94. The molecule has 1 amide bonds. The molecule has 0 aliphatic rings. The molecule has 0 saturated carbocycles. The van der Waals surface area contributed by atoms with Gasteiger partial charge in [-0.25, -0.2) is 23.4 Å². The summed E-state index contributed by atoms with van der Waals surface area (Å²) in [4.78, 5) is 36.0. The molecular formula is C20H17ClN6O5S2. The lowest BCUT2D eigenvalue weighted by Crippen LogP contribution is -2.15. The van der Waals surface area contributed by atoms with Crippen molar-refractivity contribution in [3.8, 4) is 17.0 Å². The summed E-state index contributed by atoms with van der Waals surface area (Å²) in [5.74, 6) is -0.325. The molecule has 0 atom stereocenters.